The minimum atomic E-state index is -0.157. The standard InChI is InChI=1S/C19H25NO2/c1-12(2)20-16-7-6-13(19(5)9-14(19)11-21)8-15(16)18(3,4)10-17(20)22/h6-8,11-12,14H,9-10H2,1-5H3/t14-,19-/m1/s1. The number of carbonyl (C=O) groups is 2. The van der Waals surface area contributed by atoms with Crippen LogP contribution in [0.4, 0.5) is 5.69 Å². The van der Waals surface area contributed by atoms with Crippen molar-refractivity contribution in [3.05, 3.63) is 29.3 Å². The van der Waals surface area contributed by atoms with Gasteiger partial charge in [-0.25, -0.2) is 0 Å². The van der Waals surface area contributed by atoms with Gasteiger partial charge in [-0.15, -0.1) is 0 Å². The van der Waals surface area contributed by atoms with Crippen LogP contribution in [0.25, 0.3) is 0 Å². The highest BCUT2D eigenvalue weighted by Gasteiger charge is 2.51. The quantitative estimate of drug-likeness (QED) is 0.800. The summed E-state index contributed by atoms with van der Waals surface area (Å²) in [7, 11) is 0. The molecule has 1 saturated carbocycles. The molecule has 0 N–H and O–H groups in total. The van der Waals surface area contributed by atoms with E-state index in [-0.39, 0.29) is 28.7 Å². The molecular weight excluding hydrogens is 274 g/mol. The Kier molecular flexibility index (Phi) is 3.24. The van der Waals surface area contributed by atoms with Crippen molar-refractivity contribution in [1.29, 1.82) is 0 Å². The topological polar surface area (TPSA) is 37.4 Å². The van der Waals surface area contributed by atoms with E-state index in [0.29, 0.717) is 6.42 Å². The lowest BCUT2D eigenvalue weighted by Gasteiger charge is -2.41. The first-order chi connectivity index (χ1) is 10.2. The molecule has 1 amide bonds. The average Bonchev–Trinajstić information content (AvgIpc) is 3.09. The largest absolute Gasteiger partial charge is 0.310 e. The maximum absolute atomic E-state index is 12.5. The fourth-order valence-corrected chi connectivity index (χ4v) is 3.83. The Morgan fingerprint density at radius 1 is 1.27 bits per heavy atom. The number of nitrogens with zero attached hydrogens (tertiary/aromatic N) is 1. The molecular formula is C19H25NO2. The van der Waals surface area contributed by atoms with E-state index >= 15 is 0 Å². The first-order valence-electron chi connectivity index (χ1n) is 8.13. The van der Waals surface area contributed by atoms with Crippen molar-refractivity contribution >= 4 is 17.9 Å². The number of anilines is 1. The molecule has 2 atom stereocenters. The molecule has 1 fully saturated rings. The zero-order valence-corrected chi connectivity index (χ0v) is 14.1. The van der Waals surface area contributed by atoms with Crippen LogP contribution in [0.5, 0.6) is 0 Å². The van der Waals surface area contributed by atoms with E-state index in [1.54, 1.807) is 0 Å². The monoisotopic (exact) mass is 299 g/mol. The maximum Gasteiger partial charge on any atom is 0.228 e. The molecule has 3 rings (SSSR count). The SMILES string of the molecule is CC(C)N1C(=O)CC(C)(C)c2cc([C@@]3(C)C[C@@H]3C=O)ccc21. The number of rotatable bonds is 3. The molecule has 1 aliphatic heterocycles. The molecule has 118 valence electrons. The molecule has 22 heavy (non-hydrogen) atoms. The van der Waals surface area contributed by atoms with Gasteiger partial charge in [0.1, 0.15) is 6.29 Å². The van der Waals surface area contributed by atoms with Gasteiger partial charge in [0.25, 0.3) is 0 Å². The lowest BCUT2D eigenvalue weighted by Crippen LogP contribution is -2.45. The van der Waals surface area contributed by atoms with Crippen molar-refractivity contribution < 1.29 is 9.59 Å². The van der Waals surface area contributed by atoms with Crippen molar-refractivity contribution in [1.82, 2.24) is 0 Å². The van der Waals surface area contributed by atoms with Crippen LogP contribution in [0.1, 0.15) is 58.6 Å². The van der Waals surface area contributed by atoms with Crippen molar-refractivity contribution in [2.24, 2.45) is 5.92 Å². The van der Waals surface area contributed by atoms with Gasteiger partial charge in [-0.05, 0) is 37.5 Å². The zero-order valence-electron chi connectivity index (χ0n) is 14.1. The fraction of sp³-hybridized carbons (Fsp3) is 0.579. The average molecular weight is 299 g/mol. The molecule has 0 radical (unpaired) electrons. The third kappa shape index (κ3) is 2.10. The molecule has 3 nitrogen and oxygen atoms in total. The van der Waals surface area contributed by atoms with E-state index in [9.17, 15) is 9.59 Å². The second-order valence-electron chi connectivity index (χ2n) is 8.01. The van der Waals surface area contributed by atoms with E-state index < -0.39 is 0 Å². The number of aldehydes is 1. The van der Waals surface area contributed by atoms with Crippen molar-refractivity contribution in [3.63, 3.8) is 0 Å². The molecule has 2 aliphatic rings. The number of hydrogen-bond acceptors (Lipinski definition) is 2. The molecule has 1 aliphatic carbocycles. The summed E-state index contributed by atoms with van der Waals surface area (Å²) in [6, 6.07) is 6.58. The van der Waals surface area contributed by atoms with Crippen molar-refractivity contribution in [2.75, 3.05) is 4.90 Å². The molecule has 0 aromatic heterocycles. The van der Waals surface area contributed by atoms with Gasteiger partial charge in [-0.1, -0.05) is 32.9 Å². The summed E-state index contributed by atoms with van der Waals surface area (Å²) < 4.78 is 0. The molecule has 1 aromatic carbocycles. The highest BCUT2D eigenvalue weighted by molar-refractivity contribution is 5.98. The van der Waals surface area contributed by atoms with E-state index in [2.05, 4.69) is 52.8 Å². The maximum atomic E-state index is 12.5. The number of hydrogen-bond donors (Lipinski definition) is 0. The van der Waals surface area contributed by atoms with E-state index in [0.717, 1.165) is 18.4 Å². The third-order valence-corrected chi connectivity index (χ3v) is 5.49. The van der Waals surface area contributed by atoms with Gasteiger partial charge < -0.3 is 9.69 Å². The summed E-state index contributed by atoms with van der Waals surface area (Å²) in [6.07, 6.45) is 2.55. The second kappa shape index (κ2) is 4.68. The van der Waals surface area contributed by atoms with Crippen molar-refractivity contribution in [3.8, 4) is 0 Å². The van der Waals surface area contributed by atoms with Gasteiger partial charge in [-0.2, -0.15) is 0 Å². The number of carbonyl (C=O) groups excluding carboxylic acids is 2. The van der Waals surface area contributed by atoms with E-state index in [1.165, 1.54) is 11.1 Å². The highest BCUT2D eigenvalue weighted by atomic mass is 16.2. The van der Waals surface area contributed by atoms with Crippen LogP contribution in [0.3, 0.4) is 0 Å². The number of amides is 1. The molecule has 1 aromatic rings. The third-order valence-electron chi connectivity index (χ3n) is 5.49. The highest BCUT2D eigenvalue weighted by Crippen LogP contribution is 2.54. The lowest BCUT2D eigenvalue weighted by molar-refractivity contribution is -0.120. The second-order valence-corrected chi connectivity index (χ2v) is 8.01. The van der Waals surface area contributed by atoms with Crippen LogP contribution in [-0.4, -0.2) is 18.2 Å². The van der Waals surface area contributed by atoms with Crippen molar-refractivity contribution in [2.45, 2.75) is 64.3 Å². The first-order valence-corrected chi connectivity index (χ1v) is 8.13. The van der Waals surface area contributed by atoms with Crippen LogP contribution in [0.15, 0.2) is 18.2 Å². The number of fused-ring (bicyclic) bond motifs is 1. The smallest absolute Gasteiger partial charge is 0.228 e. The molecule has 0 spiro atoms. The van der Waals surface area contributed by atoms with Gasteiger partial charge in [-0.3, -0.25) is 4.79 Å². The van der Waals surface area contributed by atoms with Gasteiger partial charge >= 0.3 is 0 Å². The molecule has 0 bridgehead atoms. The first kappa shape index (κ1) is 15.3. The minimum absolute atomic E-state index is 0.0169. The Morgan fingerprint density at radius 2 is 1.95 bits per heavy atom. The Labute approximate surface area is 132 Å². The van der Waals surface area contributed by atoms with Crippen LogP contribution < -0.4 is 4.90 Å². The molecule has 1 heterocycles. The van der Waals surface area contributed by atoms with Gasteiger partial charge in [0.2, 0.25) is 5.91 Å². The molecule has 0 unspecified atom stereocenters. The lowest BCUT2D eigenvalue weighted by atomic mass is 9.75. The Balaban J connectivity index is 2.10. The van der Waals surface area contributed by atoms with Gasteiger partial charge in [0.05, 0.1) is 0 Å². The Morgan fingerprint density at radius 3 is 2.50 bits per heavy atom. The van der Waals surface area contributed by atoms with Crippen LogP contribution >= 0.6 is 0 Å². The summed E-state index contributed by atoms with van der Waals surface area (Å²) in [5.74, 6) is 0.337. The summed E-state index contributed by atoms with van der Waals surface area (Å²) in [4.78, 5) is 25.5. The van der Waals surface area contributed by atoms with E-state index in [1.807, 2.05) is 4.90 Å². The Hall–Kier alpha value is -1.64. The summed E-state index contributed by atoms with van der Waals surface area (Å²) >= 11 is 0. The Bertz CT molecular complexity index is 647. The fourth-order valence-electron chi connectivity index (χ4n) is 3.83. The summed E-state index contributed by atoms with van der Waals surface area (Å²) in [6.45, 7) is 10.5. The van der Waals surface area contributed by atoms with Crippen LogP contribution in [0.2, 0.25) is 0 Å². The van der Waals surface area contributed by atoms with E-state index in [4.69, 9.17) is 0 Å². The predicted octanol–water partition coefficient (Wildman–Crippen LogP) is 3.59. The van der Waals surface area contributed by atoms with Crippen LogP contribution in [-0.2, 0) is 20.4 Å². The van der Waals surface area contributed by atoms with Crippen LogP contribution in [0, 0.1) is 5.92 Å². The van der Waals surface area contributed by atoms with Gasteiger partial charge in [0, 0.05) is 34.9 Å². The predicted molar refractivity (Wildman–Crippen MR) is 88.2 cm³/mol. The molecule has 0 saturated heterocycles. The molecule has 3 heteroatoms. The number of benzene rings is 1. The summed E-state index contributed by atoms with van der Waals surface area (Å²) in [5, 5.41) is 0. The minimum Gasteiger partial charge on any atom is -0.310 e. The summed E-state index contributed by atoms with van der Waals surface area (Å²) in [5.41, 5.74) is 3.32. The zero-order chi connectivity index (χ0) is 16.3. The normalized spacial score (nSPS) is 29.5. The van der Waals surface area contributed by atoms with Gasteiger partial charge in [0.15, 0.2) is 0 Å².